The lowest BCUT2D eigenvalue weighted by atomic mass is 10.0. The predicted octanol–water partition coefficient (Wildman–Crippen LogP) is 4.30. The van der Waals surface area contributed by atoms with Crippen molar-refractivity contribution >= 4 is 17.5 Å². The number of nitrogens with zero attached hydrogens (tertiary/aromatic N) is 1. The van der Waals surface area contributed by atoms with Crippen LogP contribution < -0.4 is 5.32 Å². The summed E-state index contributed by atoms with van der Waals surface area (Å²) in [7, 11) is 0. The maximum atomic E-state index is 12.5. The molecule has 1 fully saturated rings. The summed E-state index contributed by atoms with van der Waals surface area (Å²) >= 11 is 0. The maximum Gasteiger partial charge on any atom is 0.255 e. The molecule has 1 N–H and O–H groups in total. The lowest BCUT2D eigenvalue weighted by molar-refractivity contribution is 0.0792. The van der Waals surface area contributed by atoms with Crippen molar-refractivity contribution in [1.82, 2.24) is 4.90 Å². The summed E-state index contributed by atoms with van der Waals surface area (Å²) < 4.78 is 0. The highest BCUT2D eigenvalue weighted by Gasteiger charge is 2.19. The molecule has 2 aromatic rings. The topological polar surface area (TPSA) is 49.4 Å². The minimum atomic E-state index is -0.159. The zero-order valence-electron chi connectivity index (χ0n) is 14.8. The van der Waals surface area contributed by atoms with Crippen molar-refractivity contribution < 1.29 is 9.59 Å². The Bertz CT molecular complexity index is 760. The quantitative estimate of drug-likeness (QED) is 0.905. The molecule has 1 heterocycles. The van der Waals surface area contributed by atoms with Gasteiger partial charge in [-0.3, -0.25) is 9.59 Å². The Hall–Kier alpha value is -2.62. The van der Waals surface area contributed by atoms with Gasteiger partial charge in [-0.15, -0.1) is 0 Å². The molecule has 0 aliphatic carbocycles. The molecule has 2 amide bonds. The molecule has 4 heteroatoms. The summed E-state index contributed by atoms with van der Waals surface area (Å²) in [6.07, 6.45) is 2.14. The molecule has 1 aliphatic rings. The summed E-state index contributed by atoms with van der Waals surface area (Å²) in [6.45, 7) is 5.85. The number of likely N-dealkylation sites (tertiary alicyclic amines) is 1. The fraction of sp³-hybridized carbons (Fsp3) is 0.333. The molecular weight excluding hydrogens is 312 g/mol. The Kier molecular flexibility index (Phi) is 5.17. The van der Waals surface area contributed by atoms with E-state index in [2.05, 4.69) is 19.2 Å². The standard InChI is InChI=1S/C21H24N2O2/c1-15(2)18-7-3-4-8-19(18)22-20(24)16-9-11-17(12-10-16)21(25)23-13-5-6-14-23/h3-4,7-12,15H,5-6,13-14H2,1-2H3,(H,22,24). The van der Waals surface area contributed by atoms with Gasteiger partial charge in [0.15, 0.2) is 0 Å². The third-order valence-corrected chi connectivity index (χ3v) is 4.62. The van der Waals surface area contributed by atoms with E-state index in [1.807, 2.05) is 29.2 Å². The van der Waals surface area contributed by atoms with Crippen LogP contribution in [0, 0.1) is 0 Å². The number of amides is 2. The van der Waals surface area contributed by atoms with E-state index in [9.17, 15) is 9.59 Å². The van der Waals surface area contributed by atoms with Crippen molar-refractivity contribution in [3.63, 3.8) is 0 Å². The number of carbonyl (C=O) groups is 2. The average Bonchev–Trinajstić information content (AvgIpc) is 3.16. The van der Waals surface area contributed by atoms with E-state index in [1.54, 1.807) is 24.3 Å². The first-order chi connectivity index (χ1) is 12.1. The number of para-hydroxylation sites is 1. The van der Waals surface area contributed by atoms with E-state index in [0.29, 0.717) is 17.0 Å². The van der Waals surface area contributed by atoms with Crippen molar-refractivity contribution in [2.45, 2.75) is 32.6 Å². The van der Waals surface area contributed by atoms with Crippen LogP contribution in [0.1, 0.15) is 58.9 Å². The van der Waals surface area contributed by atoms with E-state index in [1.165, 1.54) is 0 Å². The fourth-order valence-corrected chi connectivity index (χ4v) is 3.18. The molecule has 4 nitrogen and oxygen atoms in total. The smallest absolute Gasteiger partial charge is 0.255 e. The Morgan fingerprint density at radius 1 is 0.920 bits per heavy atom. The summed E-state index contributed by atoms with van der Waals surface area (Å²) in [5, 5.41) is 2.98. The van der Waals surface area contributed by atoms with Gasteiger partial charge < -0.3 is 10.2 Å². The van der Waals surface area contributed by atoms with Gasteiger partial charge in [0.25, 0.3) is 11.8 Å². The largest absolute Gasteiger partial charge is 0.339 e. The van der Waals surface area contributed by atoms with Gasteiger partial charge in [-0.2, -0.15) is 0 Å². The normalized spacial score (nSPS) is 14.0. The third-order valence-electron chi connectivity index (χ3n) is 4.62. The van der Waals surface area contributed by atoms with Crippen molar-refractivity contribution in [2.75, 3.05) is 18.4 Å². The molecule has 0 saturated carbocycles. The number of nitrogens with one attached hydrogen (secondary N) is 1. The lowest BCUT2D eigenvalue weighted by Crippen LogP contribution is -2.27. The minimum absolute atomic E-state index is 0.0506. The van der Waals surface area contributed by atoms with E-state index in [4.69, 9.17) is 0 Å². The van der Waals surface area contributed by atoms with Gasteiger partial charge in [-0.05, 0) is 54.7 Å². The molecule has 2 aromatic carbocycles. The van der Waals surface area contributed by atoms with Crippen molar-refractivity contribution in [2.24, 2.45) is 0 Å². The van der Waals surface area contributed by atoms with Gasteiger partial charge in [0.05, 0.1) is 0 Å². The van der Waals surface area contributed by atoms with E-state index in [-0.39, 0.29) is 11.8 Å². The Morgan fingerprint density at radius 3 is 2.16 bits per heavy atom. The Balaban J connectivity index is 1.72. The minimum Gasteiger partial charge on any atom is -0.339 e. The highest BCUT2D eigenvalue weighted by molar-refractivity contribution is 6.05. The Labute approximate surface area is 148 Å². The van der Waals surface area contributed by atoms with Gasteiger partial charge >= 0.3 is 0 Å². The molecule has 0 unspecified atom stereocenters. The van der Waals surface area contributed by atoms with E-state index < -0.39 is 0 Å². The average molecular weight is 336 g/mol. The summed E-state index contributed by atoms with van der Waals surface area (Å²) in [5.41, 5.74) is 3.13. The molecule has 0 radical (unpaired) electrons. The molecule has 0 bridgehead atoms. The molecule has 1 saturated heterocycles. The second-order valence-electron chi connectivity index (χ2n) is 6.77. The van der Waals surface area contributed by atoms with E-state index >= 15 is 0 Å². The molecule has 1 aliphatic heterocycles. The first-order valence-corrected chi connectivity index (χ1v) is 8.86. The monoisotopic (exact) mass is 336 g/mol. The molecule has 0 spiro atoms. The van der Waals surface area contributed by atoms with Gasteiger partial charge in [0.1, 0.15) is 0 Å². The summed E-state index contributed by atoms with van der Waals surface area (Å²) in [5.74, 6) is 0.222. The SMILES string of the molecule is CC(C)c1ccccc1NC(=O)c1ccc(C(=O)N2CCCC2)cc1. The second-order valence-corrected chi connectivity index (χ2v) is 6.77. The number of benzene rings is 2. The number of carbonyl (C=O) groups excluding carboxylic acids is 2. The second kappa shape index (κ2) is 7.51. The zero-order chi connectivity index (χ0) is 17.8. The van der Waals surface area contributed by atoms with Crippen LogP contribution in [0.25, 0.3) is 0 Å². The van der Waals surface area contributed by atoms with Crippen LogP contribution in [0.4, 0.5) is 5.69 Å². The van der Waals surface area contributed by atoms with Crippen molar-refractivity contribution in [1.29, 1.82) is 0 Å². The van der Waals surface area contributed by atoms with Crippen molar-refractivity contribution in [3.8, 4) is 0 Å². The van der Waals surface area contributed by atoms with Crippen LogP contribution in [-0.2, 0) is 0 Å². The fourth-order valence-electron chi connectivity index (χ4n) is 3.18. The Morgan fingerprint density at radius 2 is 1.52 bits per heavy atom. The molecule has 0 aromatic heterocycles. The van der Waals surface area contributed by atoms with Crippen LogP contribution in [0.5, 0.6) is 0 Å². The maximum absolute atomic E-state index is 12.5. The molecule has 0 atom stereocenters. The number of rotatable bonds is 4. The summed E-state index contributed by atoms with van der Waals surface area (Å²) in [6, 6.07) is 14.8. The molecule has 3 rings (SSSR count). The van der Waals surface area contributed by atoms with Gasteiger partial charge in [0, 0.05) is 29.9 Å². The molecule has 25 heavy (non-hydrogen) atoms. The van der Waals surface area contributed by atoms with Crippen molar-refractivity contribution in [3.05, 3.63) is 65.2 Å². The lowest BCUT2D eigenvalue weighted by Gasteiger charge is -2.16. The number of hydrogen-bond donors (Lipinski definition) is 1. The molecular formula is C21H24N2O2. The van der Waals surface area contributed by atoms with Crippen LogP contribution in [0.2, 0.25) is 0 Å². The van der Waals surface area contributed by atoms with Crippen LogP contribution in [-0.4, -0.2) is 29.8 Å². The predicted molar refractivity (Wildman–Crippen MR) is 100 cm³/mol. The van der Waals surface area contributed by atoms with Gasteiger partial charge in [-0.25, -0.2) is 0 Å². The van der Waals surface area contributed by atoms with Crippen LogP contribution >= 0.6 is 0 Å². The van der Waals surface area contributed by atoms with Crippen LogP contribution in [0.3, 0.4) is 0 Å². The van der Waals surface area contributed by atoms with Gasteiger partial charge in [-0.1, -0.05) is 32.0 Å². The highest BCUT2D eigenvalue weighted by atomic mass is 16.2. The van der Waals surface area contributed by atoms with E-state index in [0.717, 1.165) is 37.2 Å². The molecule has 130 valence electrons. The third kappa shape index (κ3) is 3.90. The number of anilines is 1. The zero-order valence-corrected chi connectivity index (χ0v) is 14.8. The first kappa shape index (κ1) is 17.2. The highest BCUT2D eigenvalue weighted by Crippen LogP contribution is 2.24. The van der Waals surface area contributed by atoms with Crippen LogP contribution in [0.15, 0.2) is 48.5 Å². The first-order valence-electron chi connectivity index (χ1n) is 8.86. The number of hydrogen-bond acceptors (Lipinski definition) is 2. The van der Waals surface area contributed by atoms with Gasteiger partial charge in [0.2, 0.25) is 0 Å². The summed E-state index contributed by atoms with van der Waals surface area (Å²) in [4.78, 5) is 26.8.